The van der Waals surface area contributed by atoms with E-state index >= 15 is 0 Å². The summed E-state index contributed by atoms with van der Waals surface area (Å²) in [4.78, 5) is 26.4. The minimum atomic E-state index is -0.956. The fraction of sp³-hybridized carbons (Fsp3) is 0.444. The second-order valence-electron chi connectivity index (χ2n) is 6.41. The van der Waals surface area contributed by atoms with E-state index in [1.165, 1.54) is 6.07 Å². The first kappa shape index (κ1) is 18.0. The summed E-state index contributed by atoms with van der Waals surface area (Å²) >= 11 is 0. The van der Waals surface area contributed by atoms with Crippen LogP contribution in [0.2, 0.25) is 0 Å². The van der Waals surface area contributed by atoms with Crippen molar-refractivity contribution in [1.29, 1.82) is 0 Å². The molecule has 0 aliphatic rings. The molecule has 0 aliphatic heterocycles. The number of hydrogen-bond acceptors (Lipinski definition) is 3. The summed E-state index contributed by atoms with van der Waals surface area (Å²) in [6.07, 6.45) is 0.828. The Balaban J connectivity index is 1.99. The highest BCUT2D eigenvalue weighted by Gasteiger charge is 2.27. The molecule has 1 aromatic heterocycles. The number of amides is 2. The van der Waals surface area contributed by atoms with Crippen molar-refractivity contribution < 1.29 is 9.90 Å². The minimum absolute atomic E-state index is 0.0782. The summed E-state index contributed by atoms with van der Waals surface area (Å²) in [7, 11) is 0. The van der Waals surface area contributed by atoms with Crippen LogP contribution >= 0.6 is 0 Å². The van der Waals surface area contributed by atoms with E-state index in [9.17, 15) is 14.7 Å². The topological polar surface area (TPSA) is 94.2 Å². The van der Waals surface area contributed by atoms with Crippen molar-refractivity contribution in [3.05, 3.63) is 46.2 Å². The van der Waals surface area contributed by atoms with Crippen LogP contribution in [-0.2, 0) is 6.54 Å². The number of benzene rings is 1. The number of fused-ring (bicyclic) bond motifs is 1. The number of para-hydroxylation sites is 1. The quantitative estimate of drug-likeness (QED) is 0.653. The number of H-pyrrole nitrogens is 1. The van der Waals surface area contributed by atoms with Gasteiger partial charge in [-0.25, -0.2) is 4.79 Å². The normalized spacial score (nSPS) is 14.8. The fourth-order valence-electron chi connectivity index (χ4n) is 2.53. The maximum atomic E-state index is 12.0. The molecule has 2 atom stereocenters. The summed E-state index contributed by atoms with van der Waals surface area (Å²) in [5, 5.41) is 16.6. The predicted molar refractivity (Wildman–Crippen MR) is 94.9 cm³/mol. The fourth-order valence-corrected chi connectivity index (χ4v) is 2.53. The molecule has 2 amide bonds. The molecule has 0 radical (unpaired) electrons. The predicted octanol–water partition coefficient (Wildman–Crippen LogP) is 2.12. The lowest BCUT2D eigenvalue weighted by Gasteiger charge is -2.29. The zero-order valence-corrected chi connectivity index (χ0v) is 14.3. The van der Waals surface area contributed by atoms with Crippen molar-refractivity contribution in [2.24, 2.45) is 5.92 Å². The van der Waals surface area contributed by atoms with Crippen LogP contribution in [0.1, 0.15) is 32.8 Å². The largest absolute Gasteiger partial charge is 0.388 e. The second-order valence-corrected chi connectivity index (χ2v) is 6.41. The Bertz CT molecular complexity index is 767. The molecule has 0 bridgehead atoms. The van der Waals surface area contributed by atoms with Gasteiger partial charge in [-0.3, -0.25) is 4.79 Å². The number of hydrogen-bond donors (Lipinski definition) is 4. The van der Waals surface area contributed by atoms with Crippen molar-refractivity contribution in [2.75, 3.05) is 6.54 Å². The van der Waals surface area contributed by atoms with Crippen molar-refractivity contribution in [1.82, 2.24) is 15.6 Å². The van der Waals surface area contributed by atoms with E-state index in [2.05, 4.69) is 15.6 Å². The van der Waals surface area contributed by atoms with Gasteiger partial charge in [-0.05, 0) is 24.5 Å². The number of rotatable bonds is 6. The second kappa shape index (κ2) is 7.49. The zero-order chi connectivity index (χ0) is 17.7. The minimum Gasteiger partial charge on any atom is -0.388 e. The Hall–Kier alpha value is -2.34. The SMILES string of the molecule is CCC(C)C(C)(O)CNC(=O)NCc1cc(=O)[nH]c2ccccc12. The Morgan fingerprint density at radius 3 is 2.75 bits per heavy atom. The van der Waals surface area contributed by atoms with E-state index < -0.39 is 5.60 Å². The molecule has 4 N–H and O–H groups in total. The lowest BCUT2D eigenvalue weighted by atomic mass is 9.89. The average molecular weight is 331 g/mol. The lowest BCUT2D eigenvalue weighted by Crippen LogP contribution is -2.47. The van der Waals surface area contributed by atoms with Crippen LogP contribution in [0.25, 0.3) is 10.9 Å². The number of pyridine rings is 1. The Morgan fingerprint density at radius 1 is 1.33 bits per heavy atom. The molecule has 1 aromatic carbocycles. The first-order valence-electron chi connectivity index (χ1n) is 8.18. The van der Waals surface area contributed by atoms with Crippen molar-refractivity contribution in [2.45, 2.75) is 39.3 Å². The van der Waals surface area contributed by atoms with Gasteiger partial charge in [-0.15, -0.1) is 0 Å². The maximum absolute atomic E-state index is 12.0. The van der Waals surface area contributed by atoms with E-state index in [-0.39, 0.29) is 30.6 Å². The van der Waals surface area contributed by atoms with E-state index in [4.69, 9.17) is 0 Å². The van der Waals surface area contributed by atoms with E-state index in [0.29, 0.717) is 0 Å². The van der Waals surface area contributed by atoms with Crippen molar-refractivity contribution >= 4 is 16.9 Å². The van der Waals surface area contributed by atoms with Crippen LogP contribution in [0.3, 0.4) is 0 Å². The molecule has 2 aromatic rings. The number of aromatic amines is 1. The summed E-state index contributed by atoms with van der Waals surface area (Å²) in [5.41, 5.74) is 0.327. The van der Waals surface area contributed by atoms with E-state index in [1.54, 1.807) is 6.92 Å². The van der Waals surface area contributed by atoms with Crippen LogP contribution in [-0.4, -0.2) is 28.3 Å². The van der Waals surface area contributed by atoms with Crippen LogP contribution in [0.15, 0.2) is 35.1 Å². The van der Waals surface area contributed by atoms with Gasteiger partial charge >= 0.3 is 6.03 Å². The van der Waals surface area contributed by atoms with Crippen LogP contribution in [0.5, 0.6) is 0 Å². The first-order chi connectivity index (χ1) is 11.3. The Kier molecular flexibility index (Phi) is 5.62. The molecule has 24 heavy (non-hydrogen) atoms. The average Bonchev–Trinajstić information content (AvgIpc) is 2.56. The van der Waals surface area contributed by atoms with E-state index in [0.717, 1.165) is 22.9 Å². The van der Waals surface area contributed by atoms with Gasteiger partial charge in [0.1, 0.15) is 0 Å². The molecule has 0 spiro atoms. The third-order valence-electron chi connectivity index (χ3n) is 4.56. The highest BCUT2D eigenvalue weighted by molar-refractivity contribution is 5.82. The van der Waals surface area contributed by atoms with Gasteiger partial charge in [0.05, 0.1) is 5.60 Å². The highest BCUT2D eigenvalue weighted by atomic mass is 16.3. The molecule has 0 fully saturated rings. The summed E-state index contributed by atoms with van der Waals surface area (Å²) in [5.74, 6) is 0.0782. The van der Waals surface area contributed by atoms with Crippen molar-refractivity contribution in [3.63, 3.8) is 0 Å². The third-order valence-corrected chi connectivity index (χ3v) is 4.56. The van der Waals surface area contributed by atoms with Crippen LogP contribution in [0.4, 0.5) is 4.79 Å². The molecule has 6 nitrogen and oxygen atoms in total. The van der Waals surface area contributed by atoms with Crippen LogP contribution in [0, 0.1) is 5.92 Å². The standard InChI is InChI=1S/C18H25N3O3/c1-4-12(2)18(3,24)11-20-17(23)19-10-13-9-16(22)21-15-8-6-5-7-14(13)15/h5-9,12,24H,4,10-11H2,1-3H3,(H,21,22)(H2,19,20,23). The van der Waals surface area contributed by atoms with Gasteiger partial charge in [0, 0.05) is 30.1 Å². The number of aliphatic hydroxyl groups is 1. The molecule has 6 heteroatoms. The molecule has 0 saturated carbocycles. The van der Waals surface area contributed by atoms with Gasteiger partial charge in [0.25, 0.3) is 0 Å². The first-order valence-corrected chi connectivity index (χ1v) is 8.18. The monoisotopic (exact) mass is 331 g/mol. The van der Waals surface area contributed by atoms with Gasteiger partial charge in [0.2, 0.25) is 5.56 Å². The van der Waals surface area contributed by atoms with Gasteiger partial charge in [-0.2, -0.15) is 0 Å². The van der Waals surface area contributed by atoms with Crippen molar-refractivity contribution in [3.8, 4) is 0 Å². The van der Waals surface area contributed by atoms with Gasteiger partial charge < -0.3 is 20.7 Å². The number of aromatic nitrogens is 1. The van der Waals surface area contributed by atoms with Crippen LogP contribution < -0.4 is 16.2 Å². The molecule has 2 rings (SSSR count). The molecular formula is C18H25N3O3. The molecule has 1 heterocycles. The molecule has 130 valence electrons. The van der Waals surface area contributed by atoms with E-state index in [1.807, 2.05) is 38.1 Å². The molecule has 0 aliphatic carbocycles. The molecule has 0 saturated heterocycles. The summed E-state index contributed by atoms with van der Waals surface area (Å²) in [6, 6.07) is 8.56. The molecular weight excluding hydrogens is 306 g/mol. The van der Waals surface area contributed by atoms with Gasteiger partial charge in [-0.1, -0.05) is 38.5 Å². The Labute approximate surface area is 141 Å². The smallest absolute Gasteiger partial charge is 0.315 e. The number of nitrogens with one attached hydrogen (secondary N) is 3. The molecule has 2 unspecified atom stereocenters. The third kappa shape index (κ3) is 4.35. The summed E-state index contributed by atoms with van der Waals surface area (Å²) < 4.78 is 0. The zero-order valence-electron chi connectivity index (χ0n) is 14.3. The summed E-state index contributed by atoms with van der Waals surface area (Å²) in [6.45, 7) is 6.07. The lowest BCUT2D eigenvalue weighted by molar-refractivity contribution is 0.00790. The number of carbonyl (C=O) groups is 1. The van der Waals surface area contributed by atoms with Gasteiger partial charge in [0.15, 0.2) is 0 Å². The highest BCUT2D eigenvalue weighted by Crippen LogP contribution is 2.18. The Morgan fingerprint density at radius 2 is 2.04 bits per heavy atom. The number of carbonyl (C=O) groups excluding carboxylic acids is 1. The number of urea groups is 1. The maximum Gasteiger partial charge on any atom is 0.315 e.